The molecule has 0 saturated heterocycles. The van der Waals surface area contributed by atoms with Crippen molar-refractivity contribution in [2.45, 2.75) is 45.6 Å². The Kier molecular flexibility index (Phi) is 3.64. The van der Waals surface area contributed by atoms with Gasteiger partial charge in [-0.25, -0.2) is 0 Å². The first-order chi connectivity index (χ1) is 7.85. The molecule has 1 aliphatic carbocycles. The zero-order valence-corrected chi connectivity index (χ0v) is 12.8. The number of hydrogen-bond donors (Lipinski definition) is 1. The van der Waals surface area contributed by atoms with Crippen molar-refractivity contribution in [3.63, 3.8) is 0 Å². The number of rotatable bonds is 3. The topological polar surface area (TPSA) is 29.1 Å². The van der Waals surface area contributed by atoms with Crippen LogP contribution in [0.2, 0.25) is 0 Å². The lowest BCUT2D eigenvalue weighted by molar-refractivity contribution is -0.122. The molecule has 0 spiro atoms. The fourth-order valence-corrected chi connectivity index (χ4v) is 3.56. The van der Waals surface area contributed by atoms with Crippen molar-refractivity contribution in [1.82, 2.24) is 5.32 Å². The van der Waals surface area contributed by atoms with Gasteiger partial charge in [-0.3, -0.25) is 4.79 Å². The summed E-state index contributed by atoms with van der Waals surface area (Å²) in [5, 5.41) is 5.22. The molecule has 0 aliphatic heterocycles. The van der Waals surface area contributed by atoms with Gasteiger partial charge in [0.15, 0.2) is 0 Å². The highest BCUT2D eigenvalue weighted by Gasteiger charge is 2.40. The minimum absolute atomic E-state index is 0.0699. The zero-order chi connectivity index (χ0) is 12.6. The van der Waals surface area contributed by atoms with Crippen molar-refractivity contribution in [2.24, 2.45) is 5.41 Å². The van der Waals surface area contributed by atoms with E-state index >= 15 is 0 Å². The Bertz CT molecular complexity index is 421. The summed E-state index contributed by atoms with van der Waals surface area (Å²) in [5.74, 6) is 0.718. The van der Waals surface area contributed by atoms with Gasteiger partial charge in [-0.2, -0.15) is 0 Å². The van der Waals surface area contributed by atoms with Crippen molar-refractivity contribution in [3.8, 4) is 0 Å². The van der Waals surface area contributed by atoms with Crippen LogP contribution in [-0.2, 0) is 4.79 Å². The number of halogens is 1. The van der Waals surface area contributed by atoms with Crippen molar-refractivity contribution in [1.29, 1.82) is 0 Å². The second-order valence-electron chi connectivity index (χ2n) is 5.92. The summed E-state index contributed by atoms with van der Waals surface area (Å²) in [6.07, 6.45) is 1.69. The summed E-state index contributed by atoms with van der Waals surface area (Å²) in [4.78, 5) is 13.1. The standard InChI is InChI=1S/C13H18BrNOS/c1-13(2,3)6-12(16)15-10-5-9(10)11-4-8(14)7-17-11/h4,7,9-10H,5-6H2,1-3H3,(H,15,16). The molecule has 0 bridgehead atoms. The number of nitrogens with one attached hydrogen (secondary N) is 1. The molecule has 1 aliphatic rings. The third-order valence-electron chi connectivity index (χ3n) is 2.78. The van der Waals surface area contributed by atoms with Crippen LogP contribution in [0, 0.1) is 5.41 Å². The molecule has 2 unspecified atom stereocenters. The van der Waals surface area contributed by atoms with E-state index in [0.29, 0.717) is 18.4 Å². The normalized spacial score (nSPS) is 23.5. The van der Waals surface area contributed by atoms with E-state index in [1.165, 1.54) is 4.88 Å². The highest BCUT2D eigenvalue weighted by molar-refractivity contribution is 9.10. The molecule has 0 aromatic carbocycles. The van der Waals surface area contributed by atoms with E-state index < -0.39 is 0 Å². The Morgan fingerprint density at radius 3 is 2.82 bits per heavy atom. The Morgan fingerprint density at radius 1 is 1.59 bits per heavy atom. The third kappa shape index (κ3) is 3.81. The summed E-state index contributed by atoms with van der Waals surface area (Å²) >= 11 is 5.23. The van der Waals surface area contributed by atoms with Crippen LogP contribution in [0.4, 0.5) is 0 Å². The average Bonchev–Trinajstić information content (AvgIpc) is 2.75. The zero-order valence-electron chi connectivity index (χ0n) is 10.4. The highest BCUT2D eigenvalue weighted by atomic mass is 79.9. The number of amides is 1. The van der Waals surface area contributed by atoms with Gasteiger partial charge in [0.25, 0.3) is 0 Å². The summed E-state index contributed by atoms with van der Waals surface area (Å²) in [7, 11) is 0. The van der Waals surface area contributed by atoms with Gasteiger partial charge in [-0.05, 0) is 33.8 Å². The van der Waals surface area contributed by atoms with E-state index in [-0.39, 0.29) is 11.3 Å². The van der Waals surface area contributed by atoms with E-state index in [1.54, 1.807) is 11.3 Å². The van der Waals surface area contributed by atoms with Crippen LogP contribution in [0.25, 0.3) is 0 Å². The largest absolute Gasteiger partial charge is 0.353 e. The molecular weight excluding hydrogens is 298 g/mol. The SMILES string of the molecule is CC(C)(C)CC(=O)NC1CC1c1cc(Br)cs1. The van der Waals surface area contributed by atoms with Crippen LogP contribution >= 0.6 is 27.3 Å². The van der Waals surface area contributed by atoms with Crippen LogP contribution in [0.3, 0.4) is 0 Å². The van der Waals surface area contributed by atoms with E-state index in [2.05, 4.69) is 53.5 Å². The first-order valence-corrected chi connectivity index (χ1v) is 7.56. The van der Waals surface area contributed by atoms with Crippen LogP contribution in [0.15, 0.2) is 15.9 Å². The van der Waals surface area contributed by atoms with Gasteiger partial charge in [0, 0.05) is 33.1 Å². The number of hydrogen-bond acceptors (Lipinski definition) is 2. The van der Waals surface area contributed by atoms with Gasteiger partial charge < -0.3 is 5.32 Å². The predicted molar refractivity (Wildman–Crippen MR) is 75.4 cm³/mol. The van der Waals surface area contributed by atoms with Gasteiger partial charge in [0.2, 0.25) is 5.91 Å². The maximum atomic E-state index is 11.8. The molecule has 2 nitrogen and oxygen atoms in total. The summed E-state index contributed by atoms with van der Waals surface area (Å²) in [6, 6.07) is 2.51. The lowest BCUT2D eigenvalue weighted by Crippen LogP contribution is -2.29. The molecule has 1 fully saturated rings. The quantitative estimate of drug-likeness (QED) is 0.900. The molecule has 94 valence electrons. The Hall–Kier alpha value is -0.350. The van der Waals surface area contributed by atoms with E-state index in [1.807, 2.05) is 0 Å². The fourth-order valence-electron chi connectivity index (χ4n) is 1.93. The Morgan fingerprint density at radius 2 is 2.29 bits per heavy atom. The number of carbonyl (C=O) groups excluding carboxylic acids is 1. The summed E-state index contributed by atoms with van der Waals surface area (Å²) < 4.78 is 1.14. The monoisotopic (exact) mass is 315 g/mol. The third-order valence-corrected chi connectivity index (χ3v) is 4.61. The van der Waals surface area contributed by atoms with E-state index in [9.17, 15) is 4.79 Å². The van der Waals surface area contributed by atoms with E-state index in [0.717, 1.165) is 10.9 Å². The maximum Gasteiger partial charge on any atom is 0.220 e. The molecule has 0 radical (unpaired) electrons. The Labute approximate surface area is 115 Å². The van der Waals surface area contributed by atoms with E-state index in [4.69, 9.17) is 0 Å². The second-order valence-corrected chi connectivity index (χ2v) is 7.78. The van der Waals surface area contributed by atoms with Gasteiger partial charge in [-0.1, -0.05) is 20.8 Å². The van der Waals surface area contributed by atoms with Crippen LogP contribution in [-0.4, -0.2) is 11.9 Å². The van der Waals surface area contributed by atoms with Crippen LogP contribution in [0.5, 0.6) is 0 Å². The fraction of sp³-hybridized carbons (Fsp3) is 0.615. The van der Waals surface area contributed by atoms with Gasteiger partial charge in [-0.15, -0.1) is 11.3 Å². The van der Waals surface area contributed by atoms with Gasteiger partial charge in [0.1, 0.15) is 0 Å². The molecule has 4 heteroatoms. The minimum Gasteiger partial charge on any atom is -0.353 e. The summed E-state index contributed by atoms with van der Waals surface area (Å²) in [5.41, 5.74) is 0.0699. The predicted octanol–water partition coefficient (Wildman–Crippen LogP) is 3.92. The van der Waals surface area contributed by atoms with Crippen molar-refractivity contribution >= 4 is 33.2 Å². The van der Waals surface area contributed by atoms with Crippen LogP contribution in [0.1, 0.15) is 44.4 Å². The van der Waals surface area contributed by atoms with Gasteiger partial charge in [0.05, 0.1) is 0 Å². The molecule has 2 atom stereocenters. The maximum absolute atomic E-state index is 11.8. The van der Waals surface area contributed by atoms with Gasteiger partial charge >= 0.3 is 0 Å². The molecule has 2 rings (SSSR count). The molecule has 1 saturated carbocycles. The molecule has 17 heavy (non-hydrogen) atoms. The second kappa shape index (κ2) is 4.73. The molecule has 1 aromatic rings. The first kappa shape index (κ1) is 13.1. The molecule has 1 N–H and O–H groups in total. The smallest absolute Gasteiger partial charge is 0.220 e. The molecule has 1 aromatic heterocycles. The Balaban J connectivity index is 1.82. The summed E-state index contributed by atoms with van der Waals surface area (Å²) in [6.45, 7) is 6.27. The van der Waals surface area contributed by atoms with Crippen molar-refractivity contribution in [2.75, 3.05) is 0 Å². The lowest BCUT2D eigenvalue weighted by atomic mass is 9.92. The molecule has 1 amide bonds. The first-order valence-electron chi connectivity index (χ1n) is 5.88. The average molecular weight is 316 g/mol. The lowest BCUT2D eigenvalue weighted by Gasteiger charge is -2.17. The van der Waals surface area contributed by atoms with Crippen LogP contribution < -0.4 is 5.32 Å². The highest BCUT2D eigenvalue weighted by Crippen LogP contribution is 2.44. The van der Waals surface area contributed by atoms with Crippen molar-refractivity contribution < 1.29 is 4.79 Å². The minimum atomic E-state index is 0.0699. The molecular formula is C13H18BrNOS. The number of carbonyl (C=O) groups is 1. The molecule has 1 heterocycles. The van der Waals surface area contributed by atoms with Crippen molar-refractivity contribution in [3.05, 3.63) is 20.8 Å². The number of thiophene rings is 1.